The minimum Gasteiger partial charge on any atom is -0.465 e. The molecule has 1 aromatic carbocycles. The summed E-state index contributed by atoms with van der Waals surface area (Å²) in [5, 5.41) is 9.13. The lowest BCUT2D eigenvalue weighted by Crippen LogP contribution is -2.25. The highest BCUT2D eigenvalue weighted by atomic mass is 16.4. The van der Waals surface area contributed by atoms with Crippen molar-refractivity contribution in [3.8, 4) is 0 Å². The second kappa shape index (κ2) is 2.66. The van der Waals surface area contributed by atoms with E-state index in [0.717, 1.165) is 24.0 Å². The quantitative estimate of drug-likeness (QED) is 0.636. The van der Waals surface area contributed by atoms with Gasteiger partial charge in [0.25, 0.3) is 0 Å². The molecule has 0 aromatic heterocycles. The van der Waals surface area contributed by atoms with Crippen LogP contribution in [-0.4, -0.2) is 16.1 Å². The Morgan fingerprint density at radius 1 is 1.33 bits per heavy atom. The summed E-state index contributed by atoms with van der Waals surface area (Å²) in [4.78, 5) is 12.7. The van der Waals surface area contributed by atoms with E-state index in [0.29, 0.717) is 5.69 Å². The monoisotopic (exact) mass is 204 g/mol. The Kier molecular flexibility index (Phi) is 1.52. The van der Waals surface area contributed by atoms with Gasteiger partial charge in [0.2, 0.25) is 0 Å². The first-order chi connectivity index (χ1) is 7.18. The van der Waals surface area contributed by atoms with Crippen LogP contribution in [-0.2, 0) is 0 Å². The third-order valence-corrected chi connectivity index (χ3v) is 3.43. The summed E-state index contributed by atoms with van der Waals surface area (Å²) in [5.41, 5.74) is 8.68. The zero-order chi connectivity index (χ0) is 10.6. The largest absolute Gasteiger partial charge is 0.465 e. The van der Waals surface area contributed by atoms with Crippen molar-refractivity contribution in [1.29, 1.82) is 0 Å². The number of nitrogen functional groups attached to an aromatic ring is 1. The van der Waals surface area contributed by atoms with Crippen LogP contribution in [0, 0.1) is 0 Å². The number of amides is 1. The first kappa shape index (κ1) is 8.59. The standard InChI is InChI=1S/C11H12N2O2/c12-6-1-2-7-8(5-6)10-4-3-9(7)13(10)11(14)15/h1-2,5,9-10H,3-4,12H2,(H,14,15). The minimum atomic E-state index is -0.822. The van der Waals surface area contributed by atoms with E-state index in [-0.39, 0.29) is 12.1 Å². The number of nitrogens with zero attached hydrogens (tertiary/aromatic N) is 1. The van der Waals surface area contributed by atoms with Crippen molar-refractivity contribution < 1.29 is 9.90 Å². The maximum absolute atomic E-state index is 11.1. The van der Waals surface area contributed by atoms with Gasteiger partial charge in [-0.2, -0.15) is 0 Å². The fourth-order valence-corrected chi connectivity index (χ4v) is 2.87. The molecule has 2 atom stereocenters. The molecule has 3 rings (SSSR count). The van der Waals surface area contributed by atoms with Crippen LogP contribution in [0.15, 0.2) is 18.2 Å². The van der Waals surface area contributed by atoms with Gasteiger partial charge in [-0.05, 0) is 36.1 Å². The predicted octanol–water partition coefficient (Wildman–Crippen LogP) is 2.14. The number of carboxylic acid groups (broad SMARTS) is 1. The SMILES string of the molecule is Nc1ccc2c(c1)C1CCC2N1C(=O)O. The molecule has 4 nitrogen and oxygen atoms in total. The number of rotatable bonds is 0. The summed E-state index contributed by atoms with van der Waals surface area (Å²) in [6, 6.07) is 5.81. The van der Waals surface area contributed by atoms with Crippen LogP contribution in [0.4, 0.5) is 10.5 Å². The van der Waals surface area contributed by atoms with Gasteiger partial charge in [-0.25, -0.2) is 4.79 Å². The zero-order valence-corrected chi connectivity index (χ0v) is 8.18. The Morgan fingerprint density at radius 2 is 2.00 bits per heavy atom. The van der Waals surface area contributed by atoms with Crippen molar-refractivity contribution in [2.45, 2.75) is 24.9 Å². The Hall–Kier alpha value is -1.71. The molecule has 0 aliphatic carbocycles. The molecule has 0 radical (unpaired) electrons. The molecule has 2 aliphatic rings. The van der Waals surface area contributed by atoms with Crippen LogP contribution < -0.4 is 5.73 Å². The molecule has 15 heavy (non-hydrogen) atoms. The topological polar surface area (TPSA) is 66.6 Å². The lowest BCUT2D eigenvalue weighted by molar-refractivity contribution is 0.130. The first-order valence-corrected chi connectivity index (χ1v) is 5.09. The van der Waals surface area contributed by atoms with Crippen LogP contribution in [0.1, 0.15) is 36.1 Å². The normalized spacial score (nSPS) is 26.8. The Balaban J connectivity index is 2.13. The van der Waals surface area contributed by atoms with E-state index in [1.54, 1.807) is 4.90 Å². The number of carbonyl (C=O) groups is 1. The smallest absolute Gasteiger partial charge is 0.408 e. The average Bonchev–Trinajstić information content (AvgIpc) is 2.72. The van der Waals surface area contributed by atoms with E-state index in [2.05, 4.69) is 0 Å². The number of benzene rings is 1. The molecule has 2 unspecified atom stereocenters. The summed E-state index contributed by atoms with van der Waals surface area (Å²) >= 11 is 0. The molecular weight excluding hydrogens is 192 g/mol. The van der Waals surface area contributed by atoms with E-state index in [1.807, 2.05) is 18.2 Å². The van der Waals surface area contributed by atoms with Crippen molar-refractivity contribution in [3.63, 3.8) is 0 Å². The molecule has 2 heterocycles. The average molecular weight is 204 g/mol. The van der Waals surface area contributed by atoms with Crippen molar-refractivity contribution >= 4 is 11.8 Å². The highest BCUT2D eigenvalue weighted by molar-refractivity contribution is 5.70. The van der Waals surface area contributed by atoms with E-state index < -0.39 is 6.09 Å². The number of anilines is 1. The second-order valence-corrected chi connectivity index (χ2v) is 4.19. The molecule has 0 saturated carbocycles. The molecular formula is C11H12N2O2. The third kappa shape index (κ3) is 0.988. The Bertz CT molecular complexity index is 444. The van der Waals surface area contributed by atoms with E-state index in [4.69, 9.17) is 10.8 Å². The Morgan fingerprint density at radius 3 is 2.67 bits per heavy atom. The summed E-state index contributed by atoms with van der Waals surface area (Å²) in [6.45, 7) is 0. The number of hydrogen-bond donors (Lipinski definition) is 2. The van der Waals surface area contributed by atoms with Gasteiger partial charge in [-0.3, -0.25) is 4.90 Å². The molecule has 1 fully saturated rings. The fraction of sp³-hybridized carbons (Fsp3) is 0.364. The van der Waals surface area contributed by atoms with Gasteiger partial charge < -0.3 is 10.8 Å². The van der Waals surface area contributed by atoms with Gasteiger partial charge in [0.15, 0.2) is 0 Å². The van der Waals surface area contributed by atoms with E-state index >= 15 is 0 Å². The molecule has 0 spiro atoms. The molecule has 1 saturated heterocycles. The molecule has 2 bridgehead atoms. The highest BCUT2D eigenvalue weighted by Gasteiger charge is 2.46. The van der Waals surface area contributed by atoms with Gasteiger partial charge in [0.05, 0.1) is 12.1 Å². The summed E-state index contributed by atoms with van der Waals surface area (Å²) < 4.78 is 0. The van der Waals surface area contributed by atoms with Crippen LogP contribution in [0.2, 0.25) is 0 Å². The van der Waals surface area contributed by atoms with Crippen LogP contribution in [0.25, 0.3) is 0 Å². The lowest BCUT2D eigenvalue weighted by atomic mass is 9.91. The van der Waals surface area contributed by atoms with Gasteiger partial charge in [-0.1, -0.05) is 6.07 Å². The number of nitrogens with two attached hydrogens (primary N) is 1. The maximum Gasteiger partial charge on any atom is 0.408 e. The predicted molar refractivity (Wildman–Crippen MR) is 55.4 cm³/mol. The van der Waals surface area contributed by atoms with Crippen molar-refractivity contribution in [2.24, 2.45) is 0 Å². The summed E-state index contributed by atoms with van der Waals surface area (Å²) in [5.74, 6) is 0. The molecule has 78 valence electrons. The molecule has 1 aromatic rings. The molecule has 4 heteroatoms. The van der Waals surface area contributed by atoms with Gasteiger partial charge >= 0.3 is 6.09 Å². The Labute approximate surface area is 87.3 Å². The summed E-state index contributed by atoms with van der Waals surface area (Å²) in [6.07, 6.45) is 1.04. The van der Waals surface area contributed by atoms with E-state index in [1.165, 1.54) is 0 Å². The highest BCUT2D eigenvalue weighted by Crippen LogP contribution is 2.53. The summed E-state index contributed by atoms with van der Waals surface area (Å²) in [7, 11) is 0. The van der Waals surface area contributed by atoms with E-state index in [9.17, 15) is 4.79 Å². The van der Waals surface area contributed by atoms with Gasteiger partial charge in [0.1, 0.15) is 0 Å². The van der Waals surface area contributed by atoms with Gasteiger partial charge in [0, 0.05) is 5.69 Å². The minimum absolute atomic E-state index is 0.0333. The van der Waals surface area contributed by atoms with Crippen LogP contribution in [0.5, 0.6) is 0 Å². The molecule has 1 amide bonds. The van der Waals surface area contributed by atoms with Crippen molar-refractivity contribution in [2.75, 3.05) is 5.73 Å². The number of hydrogen-bond acceptors (Lipinski definition) is 2. The number of fused-ring (bicyclic) bond motifs is 5. The fourth-order valence-electron chi connectivity index (χ4n) is 2.87. The van der Waals surface area contributed by atoms with Crippen LogP contribution >= 0.6 is 0 Å². The first-order valence-electron chi connectivity index (χ1n) is 5.09. The zero-order valence-electron chi connectivity index (χ0n) is 8.18. The van der Waals surface area contributed by atoms with Crippen molar-refractivity contribution in [1.82, 2.24) is 4.90 Å². The molecule has 3 N–H and O–H groups in total. The molecule has 2 aliphatic heterocycles. The van der Waals surface area contributed by atoms with Gasteiger partial charge in [-0.15, -0.1) is 0 Å². The van der Waals surface area contributed by atoms with Crippen molar-refractivity contribution in [3.05, 3.63) is 29.3 Å². The second-order valence-electron chi connectivity index (χ2n) is 4.19. The lowest BCUT2D eigenvalue weighted by Gasteiger charge is -2.17. The van der Waals surface area contributed by atoms with Crippen LogP contribution in [0.3, 0.4) is 0 Å². The maximum atomic E-state index is 11.1. The third-order valence-electron chi connectivity index (χ3n) is 3.43.